The summed E-state index contributed by atoms with van der Waals surface area (Å²) >= 11 is 0. The zero-order valence-corrected chi connectivity index (χ0v) is 15.5. The van der Waals surface area contributed by atoms with E-state index in [0.29, 0.717) is 17.4 Å². The Morgan fingerprint density at radius 2 is 2.04 bits per heavy atom. The monoisotopic (exact) mass is 379 g/mol. The van der Waals surface area contributed by atoms with Crippen LogP contribution in [-0.4, -0.2) is 28.3 Å². The van der Waals surface area contributed by atoms with Crippen molar-refractivity contribution in [3.63, 3.8) is 0 Å². The molecule has 2 aromatic heterocycles. The predicted molar refractivity (Wildman–Crippen MR) is 101 cm³/mol. The highest BCUT2D eigenvalue weighted by Gasteiger charge is 2.29. The van der Waals surface area contributed by atoms with Crippen molar-refractivity contribution in [2.24, 2.45) is 0 Å². The number of furan rings is 1. The van der Waals surface area contributed by atoms with E-state index in [0.717, 1.165) is 24.2 Å². The average molecular weight is 379 g/mol. The summed E-state index contributed by atoms with van der Waals surface area (Å²) in [6, 6.07) is 14.4. The van der Waals surface area contributed by atoms with E-state index in [1.165, 1.54) is 0 Å². The van der Waals surface area contributed by atoms with Gasteiger partial charge in [0.1, 0.15) is 5.76 Å². The van der Waals surface area contributed by atoms with Crippen LogP contribution in [0.25, 0.3) is 5.69 Å². The average Bonchev–Trinajstić information content (AvgIpc) is 3.23. The molecule has 0 unspecified atom stereocenters. The van der Waals surface area contributed by atoms with E-state index < -0.39 is 11.9 Å². The van der Waals surface area contributed by atoms with Crippen LogP contribution < -0.4 is 5.32 Å². The first-order chi connectivity index (χ1) is 13.6. The molecule has 1 amide bonds. The third-order valence-electron chi connectivity index (χ3n) is 4.62. The normalized spacial score (nSPS) is 14.5. The zero-order valence-electron chi connectivity index (χ0n) is 15.5. The van der Waals surface area contributed by atoms with Crippen LogP contribution >= 0.6 is 0 Å². The summed E-state index contributed by atoms with van der Waals surface area (Å²) in [5, 5.41) is 7.31. The van der Waals surface area contributed by atoms with Crippen molar-refractivity contribution < 1.29 is 18.7 Å². The van der Waals surface area contributed by atoms with Gasteiger partial charge in [0.15, 0.2) is 12.3 Å². The molecule has 2 heterocycles. The molecule has 7 heteroatoms. The second-order valence-electron chi connectivity index (χ2n) is 6.86. The van der Waals surface area contributed by atoms with E-state index in [1.807, 2.05) is 30.3 Å². The Morgan fingerprint density at radius 3 is 2.71 bits per heavy atom. The number of aromatic nitrogens is 2. The van der Waals surface area contributed by atoms with Crippen molar-refractivity contribution in [2.75, 3.05) is 6.61 Å². The quantitative estimate of drug-likeness (QED) is 0.636. The fourth-order valence-electron chi connectivity index (χ4n) is 2.99. The van der Waals surface area contributed by atoms with Crippen LogP contribution in [-0.2, 0) is 9.53 Å². The van der Waals surface area contributed by atoms with Crippen LogP contribution in [0.15, 0.2) is 59.2 Å². The third kappa shape index (κ3) is 3.98. The Hall–Kier alpha value is -3.35. The summed E-state index contributed by atoms with van der Waals surface area (Å²) in [7, 11) is 0. The second-order valence-corrected chi connectivity index (χ2v) is 6.86. The van der Waals surface area contributed by atoms with E-state index in [9.17, 15) is 9.59 Å². The van der Waals surface area contributed by atoms with Gasteiger partial charge in [-0.25, -0.2) is 9.48 Å². The molecule has 1 aromatic carbocycles. The number of hydrogen-bond donors (Lipinski definition) is 1. The Balaban J connectivity index is 1.43. The van der Waals surface area contributed by atoms with Gasteiger partial charge in [0, 0.05) is 5.92 Å². The molecule has 1 aliphatic carbocycles. The van der Waals surface area contributed by atoms with E-state index in [1.54, 1.807) is 36.1 Å². The van der Waals surface area contributed by atoms with Gasteiger partial charge in [-0.05, 0) is 50.1 Å². The van der Waals surface area contributed by atoms with Crippen molar-refractivity contribution >= 4 is 11.9 Å². The molecule has 0 radical (unpaired) electrons. The SMILES string of the molecule is C[C@H](NC(=O)COC(=O)c1cc(C2CC2)nn1-c1ccccc1)c1ccco1. The fraction of sp³-hybridized carbons (Fsp3) is 0.286. The van der Waals surface area contributed by atoms with Crippen molar-refractivity contribution in [3.05, 3.63) is 71.9 Å². The highest BCUT2D eigenvalue weighted by Crippen LogP contribution is 2.39. The first kappa shape index (κ1) is 18.0. The fourth-order valence-corrected chi connectivity index (χ4v) is 2.99. The number of amides is 1. The molecule has 28 heavy (non-hydrogen) atoms. The minimum atomic E-state index is -0.580. The minimum Gasteiger partial charge on any atom is -0.467 e. The zero-order chi connectivity index (χ0) is 19.5. The number of carbonyl (C=O) groups excluding carboxylic acids is 2. The van der Waals surface area contributed by atoms with Crippen LogP contribution in [0.3, 0.4) is 0 Å². The number of benzene rings is 1. The Labute approximate surface area is 162 Å². The number of ether oxygens (including phenoxy) is 1. The van der Waals surface area contributed by atoms with Crippen LogP contribution in [0.5, 0.6) is 0 Å². The molecular weight excluding hydrogens is 358 g/mol. The number of hydrogen-bond acceptors (Lipinski definition) is 5. The van der Waals surface area contributed by atoms with Gasteiger partial charge in [-0.3, -0.25) is 4.79 Å². The van der Waals surface area contributed by atoms with Crippen molar-refractivity contribution in [2.45, 2.75) is 31.7 Å². The summed E-state index contributed by atoms with van der Waals surface area (Å²) in [6.07, 6.45) is 3.70. The van der Waals surface area contributed by atoms with E-state index in [-0.39, 0.29) is 12.6 Å². The summed E-state index contributed by atoms with van der Waals surface area (Å²) in [5.41, 5.74) is 1.98. The lowest BCUT2D eigenvalue weighted by atomic mass is 10.2. The predicted octanol–water partition coefficient (Wildman–Crippen LogP) is 3.38. The smallest absolute Gasteiger partial charge is 0.357 e. The standard InChI is InChI=1S/C21H21N3O4/c1-14(19-8-5-11-27-19)22-20(25)13-28-21(26)18-12-17(15-9-10-15)23-24(18)16-6-3-2-4-7-16/h2-8,11-12,14-15H,9-10,13H2,1H3,(H,22,25)/t14-/m0/s1. The molecule has 4 rings (SSSR count). The van der Waals surface area contributed by atoms with Gasteiger partial charge in [0.25, 0.3) is 5.91 Å². The first-order valence-electron chi connectivity index (χ1n) is 9.27. The van der Waals surface area contributed by atoms with Gasteiger partial charge < -0.3 is 14.5 Å². The van der Waals surface area contributed by atoms with Crippen LogP contribution in [0.2, 0.25) is 0 Å². The van der Waals surface area contributed by atoms with Gasteiger partial charge >= 0.3 is 5.97 Å². The molecule has 3 aromatic rings. The molecule has 1 aliphatic rings. The van der Waals surface area contributed by atoms with Crippen LogP contribution in [0, 0.1) is 0 Å². The summed E-state index contributed by atoms with van der Waals surface area (Å²) in [5.74, 6) is 0.0550. The summed E-state index contributed by atoms with van der Waals surface area (Å²) in [6.45, 7) is 1.42. The molecule has 0 bridgehead atoms. The summed E-state index contributed by atoms with van der Waals surface area (Å²) < 4.78 is 12.1. The second kappa shape index (κ2) is 7.72. The molecule has 1 saturated carbocycles. The van der Waals surface area contributed by atoms with Crippen molar-refractivity contribution in [3.8, 4) is 5.69 Å². The molecular formula is C21H21N3O4. The third-order valence-corrected chi connectivity index (χ3v) is 4.62. The van der Waals surface area contributed by atoms with Gasteiger partial charge in [0.2, 0.25) is 0 Å². The summed E-state index contributed by atoms with van der Waals surface area (Å²) in [4.78, 5) is 24.7. The maximum atomic E-state index is 12.6. The lowest BCUT2D eigenvalue weighted by Crippen LogP contribution is -2.31. The largest absolute Gasteiger partial charge is 0.467 e. The van der Waals surface area contributed by atoms with Gasteiger partial charge in [-0.2, -0.15) is 5.10 Å². The Morgan fingerprint density at radius 1 is 1.25 bits per heavy atom. The number of esters is 1. The van der Waals surface area contributed by atoms with Gasteiger partial charge in [-0.1, -0.05) is 18.2 Å². The van der Waals surface area contributed by atoms with Crippen molar-refractivity contribution in [1.29, 1.82) is 0 Å². The Kier molecular flexibility index (Phi) is 4.97. The molecule has 0 spiro atoms. The highest BCUT2D eigenvalue weighted by atomic mass is 16.5. The topological polar surface area (TPSA) is 86.4 Å². The maximum Gasteiger partial charge on any atom is 0.357 e. The highest BCUT2D eigenvalue weighted by molar-refractivity contribution is 5.90. The van der Waals surface area contributed by atoms with Crippen molar-refractivity contribution in [1.82, 2.24) is 15.1 Å². The Bertz CT molecular complexity index is 959. The molecule has 1 N–H and O–H groups in total. The number of para-hydroxylation sites is 1. The maximum absolute atomic E-state index is 12.6. The van der Waals surface area contributed by atoms with E-state index >= 15 is 0 Å². The van der Waals surface area contributed by atoms with Crippen LogP contribution in [0.4, 0.5) is 0 Å². The number of nitrogens with zero attached hydrogens (tertiary/aromatic N) is 2. The minimum absolute atomic E-state index is 0.308. The number of nitrogens with one attached hydrogen (secondary N) is 1. The molecule has 0 saturated heterocycles. The molecule has 1 fully saturated rings. The number of rotatable bonds is 7. The molecule has 0 aliphatic heterocycles. The first-order valence-corrected chi connectivity index (χ1v) is 9.27. The number of carbonyl (C=O) groups is 2. The molecule has 144 valence electrons. The molecule has 1 atom stereocenters. The van der Waals surface area contributed by atoms with Gasteiger partial charge in [0.05, 0.1) is 23.7 Å². The van der Waals surface area contributed by atoms with Gasteiger partial charge in [-0.15, -0.1) is 0 Å². The lowest BCUT2D eigenvalue weighted by molar-refractivity contribution is -0.125. The van der Waals surface area contributed by atoms with E-state index in [4.69, 9.17) is 9.15 Å². The van der Waals surface area contributed by atoms with Crippen LogP contribution in [0.1, 0.15) is 53.7 Å². The van der Waals surface area contributed by atoms with E-state index in [2.05, 4.69) is 10.4 Å². The lowest BCUT2D eigenvalue weighted by Gasteiger charge is -2.12. The molecule has 7 nitrogen and oxygen atoms in total.